The quantitative estimate of drug-likeness (QED) is 0.817. The molecule has 1 aliphatic rings. The van der Waals surface area contributed by atoms with Gasteiger partial charge in [0.1, 0.15) is 6.07 Å². The smallest absolute Gasteiger partial charge is 0.101 e. The van der Waals surface area contributed by atoms with Crippen LogP contribution < -0.4 is 10.6 Å². The zero-order valence-corrected chi connectivity index (χ0v) is 12.4. The lowest BCUT2D eigenvalue weighted by molar-refractivity contribution is 0.0394. The van der Waals surface area contributed by atoms with Crippen LogP contribution in [0.3, 0.4) is 0 Å². The Labute approximate surface area is 122 Å². The largest absolute Gasteiger partial charge is 0.382 e. The van der Waals surface area contributed by atoms with Gasteiger partial charge in [0, 0.05) is 11.0 Å². The molecule has 0 aliphatic carbocycles. The third-order valence-electron chi connectivity index (χ3n) is 3.16. The maximum Gasteiger partial charge on any atom is 0.101 e. The SMILES string of the molecule is N#Cc1ccc(Br)cc1NCCOC1CCNCC1. The van der Waals surface area contributed by atoms with E-state index in [4.69, 9.17) is 10.00 Å². The number of nitrogens with one attached hydrogen (secondary N) is 2. The zero-order chi connectivity index (χ0) is 13.5. The Morgan fingerprint density at radius 3 is 2.95 bits per heavy atom. The van der Waals surface area contributed by atoms with E-state index in [0.717, 1.165) is 42.6 Å². The molecule has 2 N–H and O–H groups in total. The topological polar surface area (TPSA) is 57.1 Å². The predicted octanol–water partition coefficient (Wildman–Crippen LogP) is 2.50. The van der Waals surface area contributed by atoms with E-state index in [-0.39, 0.29) is 0 Å². The van der Waals surface area contributed by atoms with Crippen LogP contribution in [0.25, 0.3) is 0 Å². The van der Waals surface area contributed by atoms with Gasteiger partial charge in [-0.2, -0.15) is 5.26 Å². The molecular weight excluding hydrogens is 306 g/mol. The normalized spacial score (nSPS) is 16.0. The minimum absolute atomic E-state index is 0.376. The van der Waals surface area contributed by atoms with E-state index < -0.39 is 0 Å². The van der Waals surface area contributed by atoms with Gasteiger partial charge in [0.15, 0.2) is 0 Å². The summed E-state index contributed by atoms with van der Waals surface area (Å²) in [5.41, 5.74) is 1.51. The number of piperidine rings is 1. The number of anilines is 1. The fourth-order valence-corrected chi connectivity index (χ4v) is 2.49. The summed E-state index contributed by atoms with van der Waals surface area (Å²) >= 11 is 3.41. The molecule has 0 amide bonds. The van der Waals surface area contributed by atoms with Crippen LogP contribution in [0.2, 0.25) is 0 Å². The highest BCUT2D eigenvalue weighted by atomic mass is 79.9. The molecule has 0 bridgehead atoms. The minimum atomic E-state index is 0.376. The Morgan fingerprint density at radius 2 is 2.21 bits per heavy atom. The second-order valence-electron chi connectivity index (χ2n) is 4.55. The summed E-state index contributed by atoms with van der Waals surface area (Å²) in [5, 5.41) is 15.6. The Bertz CT molecular complexity index is 452. The summed E-state index contributed by atoms with van der Waals surface area (Å²) in [6.45, 7) is 3.47. The van der Waals surface area contributed by atoms with E-state index in [0.29, 0.717) is 18.3 Å². The molecule has 1 aromatic carbocycles. The molecule has 102 valence electrons. The first-order valence-corrected chi connectivity index (χ1v) is 7.35. The molecule has 0 radical (unpaired) electrons. The molecule has 1 heterocycles. The first-order chi connectivity index (χ1) is 9.29. The highest BCUT2D eigenvalue weighted by Crippen LogP contribution is 2.20. The van der Waals surface area contributed by atoms with Crippen LogP contribution in [0.4, 0.5) is 5.69 Å². The van der Waals surface area contributed by atoms with Crippen LogP contribution in [0.5, 0.6) is 0 Å². The Hall–Kier alpha value is -1.09. The average Bonchev–Trinajstić information content (AvgIpc) is 2.45. The lowest BCUT2D eigenvalue weighted by Gasteiger charge is -2.23. The van der Waals surface area contributed by atoms with Crippen LogP contribution in [0, 0.1) is 11.3 Å². The van der Waals surface area contributed by atoms with Crippen LogP contribution in [-0.4, -0.2) is 32.3 Å². The molecular formula is C14H18BrN3O. The van der Waals surface area contributed by atoms with Crippen molar-refractivity contribution in [2.75, 3.05) is 31.6 Å². The molecule has 0 unspecified atom stereocenters. The number of halogens is 1. The van der Waals surface area contributed by atoms with Crippen molar-refractivity contribution in [3.05, 3.63) is 28.2 Å². The molecule has 5 heteroatoms. The molecule has 1 saturated heterocycles. The second-order valence-corrected chi connectivity index (χ2v) is 5.46. The highest BCUT2D eigenvalue weighted by molar-refractivity contribution is 9.10. The number of rotatable bonds is 5. The van der Waals surface area contributed by atoms with Crippen molar-refractivity contribution in [1.29, 1.82) is 5.26 Å². The van der Waals surface area contributed by atoms with Crippen molar-refractivity contribution in [2.45, 2.75) is 18.9 Å². The van der Waals surface area contributed by atoms with E-state index in [1.54, 1.807) is 6.07 Å². The lowest BCUT2D eigenvalue weighted by atomic mass is 10.1. The second kappa shape index (κ2) is 7.49. The van der Waals surface area contributed by atoms with Crippen molar-refractivity contribution >= 4 is 21.6 Å². The third-order valence-corrected chi connectivity index (χ3v) is 3.65. The number of nitriles is 1. The molecule has 0 atom stereocenters. The van der Waals surface area contributed by atoms with Gasteiger partial charge in [-0.3, -0.25) is 0 Å². The van der Waals surface area contributed by atoms with Crippen molar-refractivity contribution in [3.63, 3.8) is 0 Å². The first-order valence-electron chi connectivity index (χ1n) is 6.55. The van der Waals surface area contributed by atoms with Gasteiger partial charge in [-0.05, 0) is 44.1 Å². The molecule has 1 fully saturated rings. The van der Waals surface area contributed by atoms with E-state index >= 15 is 0 Å². The number of ether oxygens (including phenoxy) is 1. The minimum Gasteiger partial charge on any atom is -0.382 e. The standard InChI is InChI=1S/C14H18BrN3O/c15-12-2-1-11(10-16)14(9-12)18-7-8-19-13-3-5-17-6-4-13/h1-2,9,13,17-18H,3-8H2. The summed E-state index contributed by atoms with van der Waals surface area (Å²) < 4.78 is 6.78. The van der Waals surface area contributed by atoms with Gasteiger partial charge in [0.25, 0.3) is 0 Å². The first kappa shape index (κ1) is 14.3. The fourth-order valence-electron chi connectivity index (χ4n) is 2.13. The van der Waals surface area contributed by atoms with Crippen LogP contribution in [-0.2, 0) is 4.74 Å². The Balaban J connectivity index is 1.76. The third kappa shape index (κ3) is 4.50. The van der Waals surface area contributed by atoms with Gasteiger partial charge < -0.3 is 15.4 Å². The molecule has 1 aromatic rings. The molecule has 4 nitrogen and oxygen atoms in total. The van der Waals surface area contributed by atoms with Crippen LogP contribution >= 0.6 is 15.9 Å². The zero-order valence-electron chi connectivity index (χ0n) is 10.8. The monoisotopic (exact) mass is 323 g/mol. The van der Waals surface area contributed by atoms with Gasteiger partial charge in [-0.1, -0.05) is 15.9 Å². The van der Waals surface area contributed by atoms with E-state index in [1.165, 1.54) is 0 Å². The Kier molecular flexibility index (Phi) is 5.64. The lowest BCUT2D eigenvalue weighted by Crippen LogP contribution is -2.33. The number of hydrogen-bond donors (Lipinski definition) is 2. The van der Waals surface area contributed by atoms with Gasteiger partial charge in [0.2, 0.25) is 0 Å². The average molecular weight is 324 g/mol. The molecule has 2 rings (SSSR count). The van der Waals surface area contributed by atoms with Crippen LogP contribution in [0.1, 0.15) is 18.4 Å². The van der Waals surface area contributed by atoms with E-state index in [2.05, 4.69) is 32.6 Å². The number of nitrogens with zero attached hydrogens (tertiary/aromatic N) is 1. The van der Waals surface area contributed by atoms with E-state index in [1.807, 2.05) is 12.1 Å². The molecule has 0 aromatic heterocycles. The summed E-state index contributed by atoms with van der Waals surface area (Å²) in [6, 6.07) is 7.78. The molecule has 1 aliphatic heterocycles. The predicted molar refractivity (Wildman–Crippen MR) is 79.2 cm³/mol. The molecule has 0 spiro atoms. The fraction of sp³-hybridized carbons (Fsp3) is 0.500. The van der Waals surface area contributed by atoms with Crippen molar-refractivity contribution in [1.82, 2.24) is 5.32 Å². The van der Waals surface area contributed by atoms with Gasteiger partial charge in [-0.15, -0.1) is 0 Å². The highest BCUT2D eigenvalue weighted by Gasteiger charge is 2.12. The van der Waals surface area contributed by atoms with Crippen molar-refractivity contribution in [3.8, 4) is 6.07 Å². The summed E-state index contributed by atoms with van der Waals surface area (Å²) in [5.74, 6) is 0. The maximum absolute atomic E-state index is 9.03. The van der Waals surface area contributed by atoms with Crippen molar-refractivity contribution in [2.24, 2.45) is 0 Å². The number of benzene rings is 1. The van der Waals surface area contributed by atoms with Crippen molar-refractivity contribution < 1.29 is 4.74 Å². The van der Waals surface area contributed by atoms with Gasteiger partial charge in [-0.25, -0.2) is 0 Å². The molecule has 0 saturated carbocycles. The number of hydrogen-bond acceptors (Lipinski definition) is 4. The summed E-state index contributed by atoms with van der Waals surface area (Å²) in [7, 11) is 0. The van der Waals surface area contributed by atoms with E-state index in [9.17, 15) is 0 Å². The van der Waals surface area contributed by atoms with Gasteiger partial charge in [0.05, 0.1) is 24.0 Å². The molecule has 19 heavy (non-hydrogen) atoms. The maximum atomic E-state index is 9.03. The summed E-state index contributed by atoms with van der Waals surface area (Å²) in [4.78, 5) is 0. The Morgan fingerprint density at radius 1 is 1.42 bits per heavy atom. The van der Waals surface area contributed by atoms with Crippen LogP contribution in [0.15, 0.2) is 22.7 Å². The summed E-state index contributed by atoms with van der Waals surface area (Å²) in [6.07, 6.45) is 2.54. The van der Waals surface area contributed by atoms with Gasteiger partial charge >= 0.3 is 0 Å².